The molecule has 1 aromatic heterocycles. The van der Waals surface area contributed by atoms with Gasteiger partial charge in [-0.1, -0.05) is 13.0 Å². The predicted molar refractivity (Wildman–Crippen MR) is 79.4 cm³/mol. The molecule has 19 heavy (non-hydrogen) atoms. The fraction of sp³-hybridized carbons (Fsp3) is 0.562. The summed E-state index contributed by atoms with van der Waals surface area (Å²) in [7, 11) is 2.11. The molecule has 102 valence electrons. The van der Waals surface area contributed by atoms with E-state index in [1.54, 1.807) is 0 Å². The molecule has 2 heterocycles. The van der Waals surface area contributed by atoms with E-state index in [-0.39, 0.29) is 0 Å². The highest BCUT2D eigenvalue weighted by atomic mass is 15.1. The van der Waals surface area contributed by atoms with Crippen LogP contribution in [0.15, 0.2) is 18.2 Å². The van der Waals surface area contributed by atoms with Crippen molar-refractivity contribution in [1.82, 2.24) is 14.9 Å². The van der Waals surface area contributed by atoms with Gasteiger partial charge in [-0.25, -0.2) is 4.98 Å². The predicted octanol–water partition coefficient (Wildman–Crippen LogP) is 2.68. The molecule has 1 N–H and O–H groups in total. The normalized spacial score (nSPS) is 20.0. The van der Waals surface area contributed by atoms with Crippen LogP contribution >= 0.6 is 0 Å². The maximum absolute atomic E-state index is 4.73. The number of hydrogen-bond donors (Lipinski definition) is 1. The quantitative estimate of drug-likeness (QED) is 0.916. The van der Waals surface area contributed by atoms with Crippen molar-refractivity contribution in [2.45, 2.75) is 32.6 Å². The molecule has 3 rings (SSSR count). The molecule has 1 saturated heterocycles. The third-order valence-corrected chi connectivity index (χ3v) is 4.28. The van der Waals surface area contributed by atoms with Gasteiger partial charge in [-0.3, -0.25) is 0 Å². The van der Waals surface area contributed by atoms with Gasteiger partial charge in [0.25, 0.3) is 0 Å². The molecule has 3 heteroatoms. The minimum atomic E-state index is 0.792. The number of rotatable bonds is 3. The van der Waals surface area contributed by atoms with Crippen LogP contribution in [-0.4, -0.2) is 22.6 Å². The lowest BCUT2D eigenvalue weighted by molar-refractivity contribution is 0.376. The van der Waals surface area contributed by atoms with Crippen molar-refractivity contribution in [2.24, 2.45) is 13.0 Å². The summed E-state index contributed by atoms with van der Waals surface area (Å²) < 4.78 is 2.21. The lowest BCUT2D eigenvalue weighted by Gasteiger charge is -2.22. The molecule has 1 aromatic carbocycles. The van der Waals surface area contributed by atoms with Gasteiger partial charge in [0.2, 0.25) is 0 Å². The van der Waals surface area contributed by atoms with Crippen LogP contribution in [-0.2, 0) is 19.9 Å². The molecule has 2 aromatic rings. The summed E-state index contributed by atoms with van der Waals surface area (Å²) in [5, 5.41) is 3.49. The zero-order chi connectivity index (χ0) is 13.2. The molecular weight excluding hydrogens is 234 g/mol. The van der Waals surface area contributed by atoms with Crippen molar-refractivity contribution < 1.29 is 0 Å². The van der Waals surface area contributed by atoms with Gasteiger partial charge < -0.3 is 9.88 Å². The zero-order valence-corrected chi connectivity index (χ0v) is 11.9. The fourth-order valence-electron chi connectivity index (χ4n) is 3.17. The van der Waals surface area contributed by atoms with Gasteiger partial charge >= 0.3 is 0 Å². The van der Waals surface area contributed by atoms with Crippen LogP contribution in [0.1, 0.15) is 31.2 Å². The fourth-order valence-corrected chi connectivity index (χ4v) is 3.17. The van der Waals surface area contributed by atoms with E-state index in [1.165, 1.54) is 49.3 Å². The molecule has 0 spiro atoms. The van der Waals surface area contributed by atoms with Crippen molar-refractivity contribution in [3.05, 3.63) is 29.6 Å². The monoisotopic (exact) mass is 257 g/mol. The summed E-state index contributed by atoms with van der Waals surface area (Å²) >= 11 is 0. The third-order valence-electron chi connectivity index (χ3n) is 4.28. The lowest BCUT2D eigenvalue weighted by atomic mass is 9.92. The molecule has 3 nitrogen and oxygen atoms in total. The average molecular weight is 257 g/mol. The van der Waals surface area contributed by atoms with Crippen LogP contribution in [0.5, 0.6) is 0 Å². The Morgan fingerprint density at radius 3 is 3.05 bits per heavy atom. The molecule has 1 aliphatic rings. The first-order valence-corrected chi connectivity index (χ1v) is 7.43. The van der Waals surface area contributed by atoms with E-state index >= 15 is 0 Å². The van der Waals surface area contributed by atoms with Crippen molar-refractivity contribution in [2.75, 3.05) is 13.1 Å². The molecule has 1 fully saturated rings. The lowest BCUT2D eigenvalue weighted by Crippen LogP contribution is -2.30. The Hall–Kier alpha value is -1.35. The van der Waals surface area contributed by atoms with Crippen LogP contribution < -0.4 is 5.32 Å². The molecule has 0 bridgehead atoms. The first-order valence-electron chi connectivity index (χ1n) is 7.43. The standard InChI is InChI=1S/C16H23N3/c1-3-16-18-14-10-12(6-7-15(14)19(16)2)9-13-5-4-8-17-11-13/h6-7,10,13,17H,3-5,8-9,11H2,1-2H3. The Morgan fingerprint density at radius 1 is 1.42 bits per heavy atom. The van der Waals surface area contributed by atoms with E-state index in [1.807, 2.05) is 0 Å². The van der Waals surface area contributed by atoms with Crippen LogP contribution in [0, 0.1) is 5.92 Å². The molecule has 1 aliphatic heterocycles. The van der Waals surface area contributed by atoms with Gasteiger partial charge in [0, 0.05) is 13.5 Å². The molecule has 0 saturated carbocycles. The van der Waals surface area contributed by atoms with Gasteiger partial charge in [-0.15, -0.1) is 0 Å². The van der Waals surface area contributed by atoms with E-state index < -0.39 is 0 Å². The summed E-state index contributed by atoms with van der Waals surface area (Å²) in [6.07, 6.45) is 4.85. The minimum absolute atomic E-state index is 0.792. The van der Waals surface area contributed by atoms with E-state index in [0.29, 0.717) is 0 Å². The summed E-state index contributed by atoms with van der Waals surface area (Å²) in [5.41, 5.74) is 3.84. The highest BCUT2D eigenvalue weighted by Gasteiger charge is 2.14. The number of benzene rings is 1. The molecule has 1 atom stereocenters. The highest BCUT2D eigenvalue weighted by Crippen LogP contribution is 2.21. The molecule has 1 unspecified atom stereocenters. The van der Waals surface area contributed by atoms with Gasteiger partial charge in [-0.2, -0.15) is 0 Å². The van der Waals surface area contributed by atoms with Crippen LogP contribution in [0.4, 0.5) is 0 Å². The van der Waals surface area contributed by atoms with Crippen molar-refractivity contribution >= 4 is 11.0 Å². The van der Waals surface area contributed by atoms with Gasteiger partial charge in [0.1, 0.15) is 5.82 Å². The van der Waals surface area contributed by atoms with E-state index in [4.69, 9.17) is 4.98 Å². The third kappa shape index (κ3) is 2.52. The smallest absolute Gasteiger partial charge is 0.109 e. The first kappa shape index (κ1) is 12.7. The number of imidazole rings is 1. The Kier molecular flexibility index (Phi) is 3.56. The Labute approximate surface area is 115 Å². The number of nitrogens with zero attached hydrogens (tertiary/aromatic N) is 2. The van der Waals surface area contributed by atoms with Crippen molar-refractivity contribution in [3.63, 3.8) is 0 Å². The van der Waals surface area contributed by atoms with Gasteiger partial charge in [-0.05, 0) is 56.0 Å². The largest absolute Gasteiger partial charge is 0.331 e. The number of aromatic nitrogens is 2. The zero-order valence-electron chi connectivity index (χ0n) is 11.9. The number of nitrogens with one attached hydrogen (secondary N) is 1. The van der Waals surface area contributed by atoms with Crippen molar-refractivity contribution in [1.29, 1.82) is 0 Å². The summed E-state index contributed by atoms with van der Waals surface area (Å²) in [6.45, 7) is 4.52. The van der Waals surface area contributed by atoms with E-state index in [0.717, 1.165) is 17.9 Å². The minimum Gasteiger partial charge on any atom is -0.331 e. The average Bonchev–Trinajstić information content (AvgIpc) is 2.76. The van der Waals surface area contributed by atoms with Crippen LogP contribution in [0.2, 0.25) is 0 Å². The summed E-state index contributed by atoms with van der Waals surface area (Å²) in [5.74, 6) is 1.96. The molecular formula is C16H23N3. The second-order valence-electron chi connectivity index (χ2n) is 5.68. The number of hydrogen-bond acceptors (Lipinski definition) is 2. The summed E-state index contributed by atoms with van der Waals surface area (Å²) in [4.78, 5) is 4.73. The van der Waals surface area contributed by atoms with Crippen LogP contribution in [0.25, 0.3) is 11.0 Å². The maximum atomic E-state index is 4.73. The molecule has 0 amide bonds. The van der Waals surface area contributed by atoms with Crippen LogP contribution in [0.3, 0.4) is 0 Å². The Balaban J connectivity index is 1.84. The number of piperidine rings is 1. The number of fused-ring (bicyclic) bond motifs is 1. The van der Waals surface area contributed by atoms with E-state index in [2.05, 4.69) is 42.1 Å². The van der Waals surface area contributed by atoms with Gasteiger partial charge in [0.15, 0.2) is 0 Å². The highest BCUT2D eigenvalue weighted by molar-refractivity contribution is 5.76. The maximum Gasteiger partial charge on any atom is 0.109 e. The number of aryl methyl sites for hydroxylation is 2. The SMILES string of the molecule is CCc1nc2cc(CC3CCCNC3)ccc2n1C. The summed E-state index contributed by atoms with van der Waals surface area (Å²) in [6, 6.07) is 6.79. The Bertz CT molecular complexity index is 565. The second kappa shape index (κ2) is 5.33. The second-order valence-corrected chi connectivity index (χ2v) is 5.68. The Morgan fingerprint density at radius 2 is 2.32 bits per heavy atom. The van der Waals surface area contributed by atoms with Crippen molar-refractivity contribution in [3.8, 4) is 0 Å². The topological polar surface area (TPSA) is 29.9 Å². The first-order chi connectivity index (χ1) is 9.28. The van der Waals surface area contributed by atoms with E-state index in [9.17, 15) is 0 Å². The van der Waals surface area contributed by atoms with Gasteiger partial charge in [0.05, 0.1) is 11.0 Å². The molecule has 0 radical (unpaired) electrons. The molecule has 0 aliphatic carbocycles.